The third-order valence-corrected chi connectivity index (χ3v) is 13.4. The molecule has 16 heteroatoms. The molecule has 6 atom stereocenters. The lowest BCUT2D eigenvalue weighted by Gasteiger charge is -2.51. The Labute approximate surface area is 367 Å². The first-order valence-corrected chi connectivity index (χ1v) is 20.8. The van der Waals surface area contributed by atoms with Crippen molar-refractivity contribution in [2.45, 2.75) is 30.9 Å². The van der Waals surface area contributed by atoms with E-state index in [-0.39, 0.29) is 36.7 Å². The van der Waals surface area contributed by atoms with E-state index in [0.29, 0.717) is 51.0 Å². The molecule has 3 N–H and O–H groups in total. The number of anilines is 4. The van der Waals surface area contributed by atoms with Crippen molar-refractivity contribution in [1.82, 2.24) is 9.99 Å². The summed E-state index contributed by atoms with van der Waals surface area (Å²) < 4.78 is 47.0. The molecular weight excluding hydrogens is 858 g/mol. The number of para-hydroxylation sites is 1. The molecule has 0 bridgehead atoms. The van der Waals surface area contributed by atoms with Crippen molar-refractivity contribution in [3.05, 3.63) is 160 Å². The number of aromatic nitrogens is 1. The maximum Gasteiger partial charge on any atom is 0.417 e. The third kappa shape index (κ3) is 6.53. The number of phenolic OH excluding ortho intramolecular Hbond substituents is 1. The number of alkyl halides is 3. The van der Waals surface area contributed by atoms with Crippen molar-refractivity contribution in [3.63, 3.8) is 0 Å². The van der Waals surface area contributed by atoms with Crippen molar-refractivity contribution >= 4 is 69.7 Å². The van der Waals surface area contributed by atoms with E-state index in [4.69, 9.17) is 27.9 Å². The van der Waals surface area contributed by atoms with E-state index in [1.807, 2.05) is 36.4 Å². The number of hydrogen-bond acceptors (Lipinski definition) is 9. The Hall–Kier alpha value is -6.64. The lowest BCUT2D eigenvalue weighted by atomic mass is 9.48. The zero-order chi connectivity index (χ0) is 43.9. The second-order valence-electron chi connectivity index (χ2n) is 16.2. The molecule has 2 saturated heterocycles. The Balaban J connectivity index is 1.08. The number of carbonyl (C=O) groups excluding carboxylic acids is 4. The largest absolute Gasteiger partial charge is 0.508 e. The molecule has 5 aliphatic rings. The predicted octanol–water partition coefficient (Wildman–Crippen LogP) is 9.40. The van der Waals surface area contributed by atoms with Crippen molar-refractivity contribution < 1.29 is 42.2 Å². The van der Waals surface area contributed by atoms with Crippen LogP contribution < -0.4 is 20.4 Å². The Kier molecular flexibility index (Phi) is 9.64. The minimum Gasteiger partial charge on any atom is -0.508 e. The molecule has 10 rings (SSSR count). The van der Waals surface area contributed by atoms with Gasteiger partial charge in [-0.05, 0) is 103 Å². The summed E-state index contributed by atoms with van der Waals surface area (Å²) in [5.41, 5.74) is 3.95. The molecule has 0 radical (unpaired) electrons. The van der Waals surface area contributed by atoms with Gasteiger partial charge in [0.1, 0.15) is 11.5 Å². The molecule has 1 aromatic heterocycles. The Morgan fingerprint density at radius 1 is 0.841 bits per heavy atom. The van der Waals surface area contributed by atoms with Crippen LogP contribution in [0.4, 0.5) is 36.1 Å². The number of hydrogen-bond donors (Lipinski definition) is 3. The third-order valence-electron chi connectivity index (χ3n) is 12.9. The van der Waals surface area contributed by atoms with Crippen LogP contribution in [0.1, 0.15) is 29.5 Å². The fourth-order valence-corrected chi connectivity index (χ4v) is 10.6. The van der Waals surface area contributed by atoms with E-state index in [1.165, 1.54) is 17.2 Å². The van der Waals surface area contributed by atoms with E-state index in [1.54, 1.807) is 60.7 Å². The molecule has 6 unspecified atom stereocenters. The van der Waals surface area contributed by atoms with Crippen molar-refractivity contribution in [1.29, 1.82) is 0 Å². The van der Waals surface area contributed by atoms with Crippen LogP contribution >= 0.6 is 23.2 Å². The summed E-state index contributed by atoms with van der Waals surface area (Å²) in [6.45, 7) is 0. The summed E-state index contributed by atoms with van der Waals surface area (Å²) in [6, 6.07) is 28.2. The van der Waals surface area contributed by atoms with Crippen LogP contribution in [0.15, 0.2) is 133 Å². The van der Waals surface area contributed by atoms with Crippen molar-refractivity contribution in [2.24, 2.45) is 29.6 Å². The first-order valence-electron chi connectivity index (χ1n) is 20.0. The van der Waals surface area contributed by atoms with Gasteiger partial charge in [-0.2, -0.15) is 18.2 Å². The van der Waals surface area contributed by atoms with Gasteiger partial charge in [0.2, 0.25) is 11.8 Å². The van der Waals surface area contributed by atoms with Crippen LogP contribution in [0.3, 0.4) is 0 Å². The number of imide groups is 2. The van der Waals surface area contributed by atoms with Crippen molar-refractivity contribution in [2.75, 3.05) is 15.6 Å². The summed E-state index contributed by atoms with van der Waals surface area (Å²) in [5, 5.41) is 14.4. The first-order chi connectivity index (χ1) is 30.2. The number of halogens is 5. The van der Waals surface area contributed by atoms with Gasteiger partial charge in [0.15, 0.2) is 5.82 Å². The van der Waals surface area contributed by atoms with Gasteiger partial charge in [0.05, 0.1) is 45.7 Å². The Morgan fingerprint density at radius 2 is 1.57 bits per heavy atom. The van der Waals surface area contributed by atoms with E-state index >= 15 is 9.59 Å². The molecule has 2 aliphatic carbocycles. The summed E-state index contributed by atoms with van der Waals surface area (Å²) in [6.07, 6.45) is -0.534. The van der Waals surface area contributed by atoms with Gasteiger partial charge in [-0.1, -0.05) is 65.2 Å². The summed E-state index contributed by atoms with van der Waals surface area (Å²) in [7, 11) is 0. The van der Waals surface area contributed by atoms with Crippen LogP contribution in [0, 0.1) is 29.6 Å². The normalized spacial score (nSPS) is 25.1. The molecule has 5 aromatic rings. The van der Waals surface area contributed by atoms with Crippen LogP contribution in [0.2, 0.25) is 10.0 Å². The van der Waals surface area contributed by atoms with E-state index in [9.17, 15) is 27.9 Å². The van der Waals surface area contributed by atoms with Gasteiger partial charge < -0.3 is 15.2 Å². The highest BCUT2D eigenvalue weighted by atomic mass is 35.5. The Morgan fingerprint density at radius 3 is 2.29 bits per heavy atom. The second-order valence-corrected chi connectivity index (χ2v) is 17.1. The van der Waals surface area contributed by atoms with Gasteiger partial charge in [-0.25, -0.2) is 4.98 Å². The molecule has 3 aliphatic heterocycles. The quantitative estimate of drug-likeness (QED) is 0.108. The molecule has 3 fully saturated rings. The van der Waals surface area contributed by atoms with Gasteiger partial charge in [-0.15, -0.1) is 0 Å². The van der Waals surface area contributed by atoms with Gasteiger partial charge in [0.25, 0.3) is 11.8 Å². The zero-order valence-electron chi connectivity index (χ0n) is 32.8. The molecule has 4 aromatic carbocycles. The minimum absolute atomic E-state index is 0.0208. The molecule has 0 spiro atoms. The summed E-state index contributed by atoms with van der Waals surface area (Å²) >= 11 is 12.7. The number of fused-ring (bicyclic) bond motifs is 5. The van der Waals surface area contributed by atoms with Gasteiger partial charge in [-0.3, -0.25) is 29.5 Å². The number of nitrogens with one attached hydrogen (secondary N) is 2. The lowest BCUT2D eigenvalue weighted by Crippen LogP contribution is -2.55. The molecular formula is C47H34Cl2F3N5O6. The van der Waals surface area contributed by atoms with E-state index in [2.05, 4.69) is 15.7 Å². The van der Waals surface area contributed by atoms with Crippen LogP contribution in [-0.2, 0) is 37.2 Å². The molecule has 63 heavy (non-hydrogen) atoms. The highest BCUT2D eigenvalue weighted by Crippen LogP contribution is 2.63. The standard InChI is InChI=1S/C47H34Cl2F3N5O6/c48-28-8-6-26(7-9-28)46-36(43(60)57(45(46)62)55-41-37(49)20-27(22-53-41)47(50,51)52)21-35-33(40(46)25-18-24-19-32(58)14-17-38(24)63-23-25)15-16-34-39(35)44(61)56(42(34)59)31-12-10-30(11-13-31)54-29-4-2-1-3-5-29/h1-15,17,19-20,22-23,34-36,39-40,54,58H,16,18,21H2,(H,53,55). The van der Waals surface area contributed by atoms with Gasteiger partial charge >= 0.3 is 6.18 Å². The topological polar surface area (TPSA) is 141 Å². The lowest BCUT2D eigenvalue weighted by molar-refractivity contribution is -0.139. The fourth-order valence-electron chi connectivity index (χ4n) is 10.2. The maximum absolute atomic E-state index is 15.5. The number of rotatable bonds is 7. The number of nitrogens with zero attached hydrogens (tertiary/aromatic N) is 3. The molecule has 4 amide bonds. The van der Waals surface area contributed by atoms with Crippen LogP contribution in [0.5, 0.6) is 11.5 Å². The number of allylic oxidation sites excluding steroid dienone is 3. The molecule has 318 valence electrons. The Bertz CT molecular complexity index is 2800. The number of amides is 4. The molecule has 4 heterocycles. The highest BCUT2D eigenvalue weighted by molar-refractivity contribution is 6.33. The minimum atomic E-state index is -4.76. The first kappa shape index (κ1) is 40.4. The number of phenols is 1. The fraction of sp³-hybridized carbons (Fsp3) is 0.213. The molecule has 1 saturated carbocycles. The van der Waals surface area contributed by atoms with E-state index in [0.717, 1.165) is 16.4 Å². The monoisotopic (exact) mass is 891 g/mol. The number of ether oxygens (including phenoxy) is 1. The van der Waals surface area contributed by atoms with Crippen LogP contribution in [0.25, 0.3) is 0 Å². The number of aromatic hydroxyl groups is 1. The molecule has 11 nitrogen and oxygen atoms in total. The summed E-state index contributed by atoms with van der Waals surface area (Å²) in [5.74, 6) is -6.85. The predicted molar refractivity (Wildman–Crippen MR) is 227 cm³/mol. The second kappa shape index (κ2) is 15.0. The summed E-state index contributed by atoms with van der Waals surface area (Å²) in [4.78, 5) is 64.8. The van der Waals surface area contributed by atoms with E-state index < -0.39 is 69.5 Å². The van der Waals surface area contributed by atoms with Crippen molar-refractivity contribution in [3.8, 4) is 11.5 Å². The SMILES string of the molecule is O=C1C2CC3C(=CCC4C(=O)N(c5ccc(Nc6ccccc6)cc5)C(=O)C43)C(C3=COc4ccc(O)cc4C3)C2(c2ccc(Cl)cc2)C(=O)N1Nc1ncc(C(F)(F)F)cc1Cl. The number of hydrazine groups is 1. The number of pyridine rings is 1. The van der Waals surface area contributed by atoms with Gasteiger partial charge in [0, 0.05) is 40.5 Å². The van der Waals surface area contributed by atoms with Crippen LogP contribution in [-0.4, -0.2) is 38.7 Å². The average Bonchev–Trinajstić information content (AvgIpc) is 3.65. The highest BCUT2D eigenvalue weighted by Gasteiger charge is 2.71. The average molecular weight is 893 g/mol. The smallest absolute Gasteiger partial charge is 0.417 e. The maximum atomic E-state index is 15.5. The number of benzene rings is 4. The zero-order valence-corrected chi connectivity index (χ0v) is 34.3. The number of carbonyl (C=O) groups is 4.